The molecule has 1 heterocycles. The molecule has 26 heavy (non-hydrogen) atoms. The predicted molar refractivity (Wildman–Crippen MR) is 96.7 cm³/mol. The van der Waals surface area contributed by atoms with Gasteiger partial charge in [-0.25, -0.2) is 0 Å². The first-order valence-corrected chi connectivity index (χ1v) is 8.29. The number of imide groups is 1. The van der Waals surface area contributed by atoms with Gasteiger partial charge in [-0.1, -0.05) is 12.1 Å². The van der Waals surface area contributed by atoms with Crippen LogP contribution >= 0.6 is 0 Å². The SMILES string of the molecule is COCCN(C)c1ccc2c3c(cccc13)C(=O)N(CCC(=O)O)C2=O. The molecule has 0 unspecified atom stereocenters. The van der Waals surface area contributed by atoms with Gasteiger partial charge in [0.15, 0.2) is 0 Å². The second-order valence-corrected chi connectivity index (χ2v) is 6.18. The minimum atomic E-state index is -1.05. The Bertz CT molecular complexity index is 871. The van der Waals surface area contributed by atoms with E-state index in [0.29, 0.717) is 29.7 Å². The van der Waals surface area contributed by atoms with E-state index in [9.17, 15) is 14.4 Å². The highest BCUT2D eigenvalue weighted by atomic mass is 16.5. The molecule has 3 rings (SSSR count). The van der Waals surface area contributed by atoms with E-state index in [2.05, 4.69) is 0 Å². The van der Waals surface area contributed by atoms with Crippen molar-refractivity contribution in [3.8, 4) is 0 Å². The summed E-state index contributed by atoms with van der Waals surface area (Å²) in [5.74, 6) is -1.96. The van der Waals surface area contributed by atoms with Gasteiger partial charge in [0.2, 0.25) is 0 Å². The molecule has 0 saturated carbocycles. The number of carbonyl (C=O) groups is 3. The maximum Gasteiger partial charge on any atom is 0.305 e. The van der Waals surface area contributed by atoms with E-state index in [-0.39, 0.29) is 13.0 Å². The minimum absolute atomic E-state index is 0.141. The van der Waals surface area contributed by atoms with Crippen LogP contribution in [0.15, 0.2) is 30.3 Å². The molecule has 0 atom stereocenters. The Morgan fingerprint density at radius 2 is 1.85 bits per heavy atom. The van der Waals surface area contributed by atoms with Gasteiger partial charge in [0.1, 0.15) is 0 Å². The number of hydrogen-bond acceptors (Lipinski definition) is 5. The van der Waals surface area contributed by atoms with Crippen LogP contribution in [0.5, 0.6) is 0 Å². The van der Waals surface area contributed by atoms with Crippen molar-refractivity contribution in [2.45, 2.75) is 6.42 Å². The highest BCUT2D eigenvalue weighted by Crippen LogP contribution is 2.35. The van der Waals surface area contributed by atoms with Crippen LogP contribution in [0.3, 0.4) is 0 Å². The Hall–Kier alpha value is -2.93. The molecule has 7 nitrogen and oxygen atoms in total. The summed E-state index contributed by atoms with van der Waals surface area (Å²) >= 11 is 0. The fraction of sp³-hybridized carbons (Fsp3) is 0.316. The van der Waals surface area contributed by atoms with Gasteiger partial charge in [0, 0.05) is 54.8 Å². The lowest BCUT2D eigenvalue weighted by Crippen LogP contribution is -2.41. The van der Waals surface area contributed by atoms with Gasteiger partial charge in [-0.2, -0.15) is 0 Å². The van der Waals surface area contributed by atoms with E-state index in [1.165, 1.54) is 0 Å². The van der Waals surface area contributed by atoms with Crippen molar-refractivity contribution in [2.75, 3.05) is 38.8 Å². The minimum Gasteiger partial charge on any atom is -0.481 e. The third-order valence-corrected chi connectivity index (χ3v) is 4.56. The lowest BCUT2D eigenvalue weighted by Gasteiger charge is -2.29. The van der Waals surface area contributed by atoms with Crippen LogP contribution in [0, 0.1) is 0 Å². The molecule has 0 aromatic heterocycles. The third kappa shape index (κ3) is 3.01. The zero-order valence-corrected chi connectivity index (χ0v) is 14.7. The first-order valence-electron chi connectivity index (χ1n) is 8.29. The number of rotatable bonds is 7. The molecule has 0 aliphatic carbocycles. The Labute approximate surface area is 150 Å². The first-order chi connectivity index (χ1) is 12.5. The molecule has 1 aliphatic heterocycles. The number of benzene rings is 2. The quantitative estimate of drug-likeness (QED) is 0.764. The van der Waals surface area contributed by atoms with Gasteiger partial charge >= 0.3 is 5.97 Å². The number of nitrogens with zero attached hydrogens (tertiary/aromatic N) is 2. The molecular weight excluding hydrogens is 336 g/mol. The van der Waals surface area contributed by atoms with Gasteiger partial charge in [0.25, 0.3) is 11.8 Å². The predicted octanol–water partition coefficient (Wildman–Crippen LogP) is 1.99. The molecule has 0 saturated heterocycles. The maximum atomic E-state index is 12.8. The van der Waals surface area contributed by atoms with Crippen molar-refractivity contribution in [1.82, 2.24) is 4.90 Å². The van der Waals surface area contributed by atoms with Gasteiger partial charge in [-0.05, 0) is 18.2 Å². The highest BCUT2D eigenvalue weighted by molar-refractivity contribution is 6.26. The van der Waals surface area contributed by atoms with E-state index < -0.39 is 17.8 Å². The number of aliphatic carboxylic acids is 1. The van der Waals surface area contributed by atoms with E-state index in [0.717, 1.165) is 16.0 Å². The lowest BCUT2D eigenvalue weighted by atomic mass is 9.92. The summed E-state index contributed by atoms with van der Waals surface area (Å²) in [4.78, 5) is 39.4. The van der Waals surface area contributed by atoms with Gasteiger partial charge in [-0.15, -0.1) is 0 Å². The smallest absolute Gasteiger partial charge is 0.305 e. The average molecular weight is 356 g/mol. The largest absolute Gasteiger partial charge is 0.481 e. The van der Waals surface area contributed by atoms with E-state index in [4.69, 9.17) is 9.84 Å². The average Bonchev–Trinajstić information content (AvgIpc) is 2.63. The van der Waals surface area contributed by atoms with Gasteiger partial charge < -0.3 is 14.7 Å². The molecule has 0 bridgehead atoms. The summed E-state index contributed by atoms with van der Waals surface area (Å²) in [6.45, 7) is 1.08. The van der Waals surface area contributed by atoms with Crippen molar-refractivity contribution in [3.63, 3.8) is 0 Å². The fourth-order valence-corrected chi connectivity index (χ4v) is 3.22. The van der Waals surface area contributed by atoms with Crippen LogP contribution in [-0.4, -0.2) is 61.6 Å². The van der Waals surface area contributed by atoms with Crippen LogP contribution in [0.4, 0.5) is 5.69 Å². The molecule has 0 spiro atoms. The Kier molecular flexibility index (Phi) is 4.90. The summed E-state index contributed by atoms with van der Waals surface area (Å²) in [5, 5.41) is 10.3. The summed E-state index contributed by atoms with van der Waals surface area (Å²) < 4.78 is 5.12. The van der Waals surface area contributed by atoms with Gasteiger partial charge in [-0.3, -0.25) is 19.3 Å². The number of carboxylic acids is 1. The first kappa shape index (κ1) is 17.9. The van der Waals surface area contributed by atoms with E-state index in [1.807, 2.05) is 24.1 Å². The standard InChI is InChI=1S/C19H20N2O5/c1-20(10-11-26-2)15-7-6-14-17-12(15)4-3-5-13(17)18(24)21(19(14)25)9-8-16(22)23/h3-7H,8-11H2,1-2H3,(H,22,23). The number of anilines is 1. The molecule has 1 aliphatic rings. The number of amides is 2. The molecule has 0 fully saturated rings. The van der Waals surface area contributed by atoms with Crippen LogP contribution in [0.25, 0.3) is 10.8 Å². The van der Waals surface area contributed by atoms with Crippen LogP contribution in [0.1, 0.15) is 27.1 Å². The normalized spacial score (nSPS) is 13.4. The molecule has 0 radical (unpaired) electrons. The molecule has 7 heteroatoms. The van der Waals surface area contributed by atoms with Crippen LogP contribution in [-0.2, 0) is 9.53 Å². The van der Waals surface area contributed by atoms with Crippen LogP contribution in [0.2, 0.25) is 0 Å². The van der Waals surface area contributed by atoms with E-state index >= 15 is 0 Å². The summed E-state index contributed by atoms with van der Waals surface area (Å²) in [6.07, 6.45) is -0.277. The third-order valence-electron chi connectivity index (χ3n) is 4.56. The summed E-state index contributed by atoms with van der Waals surface area (Å²) in [6, 6.07) is 8.88. The number of carboxylic acid groups (broad SMARTS) is 1. The molecule has 2 aromatic rings. The lowest BCUT2D eigenvalue weighted by molar-refractivity contribution is -0.137. The molecule has 2 amide bonds. The zero-order valence-electron chi connectivity index (χ0n) is 14.7. The second-order valence-electron chi connectivity index (χ2n) is 6.18. The van der Waals surface area contributed by atoms with Crippen molar-refractivity contribution in [1.29, 1.82) is 0 Å². The Morgan fingerprint density at radius 1 is 1.15 bits per heavy atom. The molecule has 2 aromatic carbocycles. The number of hydrogen-bond donors (Lipinski definition) is 1. The Morgan fingerprint density at radius 3 is 2.50 bits per heavy atom. The van der Waals surface area contributed by atoms with Crippen LogP contribution < -0.4 is 4.90 Å². The number of methoxy groups -OCH3 is 1. The number of ether oxygens (including phenoxy) is 1. The monoisotopic (exact) mass is 356 g/mol. The number of likely N-dealkylation sites (N-methyl/N-ethyl adjacent to an activating group) is 1. The van der Waals surface area contributed by atoms with Crippen molar-refractivity contribution in [3.05, 3.63) is 41.5 Å². The molecule has 1 N–H and O–H groups in total. The highest BCUT2D eigenvalue weighted by Gasteiger charge is 2.33. The Balaban J connectivity index is 2.08. The fourth-order valence-electron chi connectivity index (χ4n) is 3.22. The second kappa shape index (κ2) is 7.13. The summed E-state index contributed by atoms with van der Waals surface area (Å²) in [7, 11) is 3.56. The number of carbonyl (C=O) groups excluding carboxylic acids is 2. The molecule has 136 valence electrons. The topological polar surface area (TPSA) is 87.2 Å². The van der Waals surface area contributed by atoms with Crippen molar-refractivity contribution < 1.29 is 24.2 Å². The molecular formula is C19H20N2O5. The van der Waals surface area contributed by atoms with Crippen molar-refractivity contribution in [2.24, 2.45) is 0 Å². The summed E-state index contributed by atoms with van der Waals surface area (Å²) in [5.41, 5.74) is 1.75. The van der Waals surface area contributed by atoms with Crippen molar-refractivity contribution >= 4 is 34.2 Å². The maximum absolute atomic E-state index is 12.8. The van der Waals surface area contributed by atoms with E-state index in [1.54, 1.807) is 25.3 Å². The zero-order chi connectivity index (χ0) is 18.8. The van der Waals surface area contributed by atoms with Gasteiger partial charge in [0.05, 0.1) is 13.0 Å².